The zero-order valence-electron chi connectivity index (χ0n) is 19.1. The molecular weight excluding hydrogens is 382 g/mol. The summed E-state index contributed by atoms with van der Waals surface area (Å²) in [6.07, 6.45) is 3.95. The van der Waals surface area contributed by atoms with E-state index in [1.54, 1.807) is 0 Å². The van der Waals surface area contributed by atoms with Crippen molar-refractivity contribution < 1.29 is 4.74 Å². The molecule has 0 bridgehead atoms. The molecule has 4 nitrogen and oxygen atoms in total. The van der Waals surface area contributed by atoms with Crippen molar-refractivity contribution in [1.82, 2.24) is 14.8 Å². The van der Waals surface area contributed by atoms with E-state index >= 15 is 0 Å². The molecule has 0 aliphatic rings. The van der Waals surface area contributed by atoms with Crippen LogP contribution < -0.4 is 4.74 Å². The minimum atomic E-state index is 0.0785. The first-order chi connectivity index (χ1) is 15.0. The van der Waals surface area contributed by atoms with Crippen LogP contribution in [0.25, 0.3) is 22.2 Å². The van der Waals surface area contributed by atoms with E-state index in [0.29, 0.717) is 6.54 Å². The largest absolute Gasteiger partial charge is 0.491 e. The highest BCUT2D eigenvalue weighted by atomic mass is 16.5. The fourth-order valence-electron chi connectivity index (χ4n) is 4.22. The van der Waals surface area contributed by atoms with Gasteiger partial charge >= 0.3 is 0 Å². The Morgan fingerprint density at radius 2 is 1.68 bits per heavy atom. The number of nitrogens with zero attached hydrogens (tertiary/aromatic N) is 3. The van der Waals surface area contributed by atoms with Gasteiger partial charge in [-0.25, -0.2) is 0 Å². The molecule has 0 N–H and O–H groups in total. The summed E-state index contributed by atoms with van der Waals surface area (Å²) in [7, 11) is 0. The Kier molecular flexibility index (Phi) is 6.08. The van der Waals surface area contributed by atoms with Crippen molar-refractivity contribution in [1.29, 1.82) is 0 Å². The fourth-order valence-corrected chi connectivity index (χ4v) is 4.22. The maximum Gasteiger partial charge on any atom is 0.128 e. The number of aryl methyl sites for hydroxylation is 3. The summed E-state index contributed by atoms with van der Waals surface area (Å²) in [5.41, 5.74) is 8.09. The Hall–Kier alpha value is -3.14. The molecule has 0 spiro atoms. The van der Waals surface area contributed by atoms with Crippen molar-refractivity contribution in [3.05, 3.63) is 77.1 Å². The maximum absolute atomic E-state index is 6.32. The van der Waals surface area contributed by atoms with E-state index in [4.69, 9.17) is 9.72 Å². The lowest BCUT2D eigenvalue weighted by Crippen LogP contribution is -2.12. The zero-order chi connectivity index (χ0) is 22.0. The molecular formula is C27H31N3O. The van der Waals surface area contributed by atoms with Crippen LogP contribution in [-0.4, -0.2) is 20.9 Å². The molecule has 31 heavy (non-hydrogen) atoms. The van der Waals surface area contributed by atoms with Gasteiger partial charge in [-0.15, -0.1) is 0 Å². The molecule has 2 heterocycles. The van der Waals surface area contributed by atoms with Gasteiger partial charge in [0, 0.05) is 28.3 Å². The van der Waals surface area contributed by atoms with Gasteiger partial charge in [-0.2, -0.15) is 5.10 Å². The summed E-state index contributed by atoms with van der Waals surface area (Å²) in [5, 5.41) is 5.76. The maximum atomic E-state index is 6.32. The van der Waals surface area contributed by atoms with Crippen LogP contribution in [0, 0.1) is 6.92 Å². The van der Waals surface area contributed by atoms with Crippen LogP contribution >= 0.6 is 0 Å². The van der Waals surface area contributed by atoms with E-state index in [1.807, 2.05) is 23.0 Å². The number of pyridine rings is 1. The Morgan fingerprint density at radius 3 is 2.35 bits per heavy atom. The Bertz CT molecular complexity index is 1180. The van der Waals surface area contributed by atoms with Gasteiger partial charge in [0.05, 0.1) is 30.1 Å². The average molecular weight is 414 g/mol. The molecule has 0 radical (unpaired) electrons. The summed E-state index contributed by atoms with van der Waals surface area (Å²) >= 11 is 0. The van der Waals surface area contributed by atoms with Gasteiger partial charge in [-0.3, -0.25) is 9.67 Å². The van der Waals surface area contributed by atoms with Crippen LogP contribution in [0.4, 0.5) is 0 Å². The van der Waals surface area contributed by atoms with Crippen LogP contribution in [0.1, 0.15) is 50.1 Å². The van der Waals surface area contributed by atoms with Gasteiger partial charge in [0.1, 0.15) is 5.75 Å². The molecule has 0 amide bonds. The highest BCUT2D eigenvalue weighted by Crippen LogP contribution is 2.34. The number of hydrogen-bond donors (Lipinski definition) is 0. The van der Waals surface area contributed by atoms with Gasteiger partial charge < -0.3 is 4.74 Å². The first-order valence-corrected chi connectivity index (χ1v) is 11.2. The lowest BCUT2D eigenvalue weighted by atomic mass is 9.94. The van der Waals surface area contributed by atoms with Crippen LogP contribution in [-0.2, 0) is 19.4 Å². The standard InChI is InChI=1S/C27H31N3O/c1-6-20-12-10-13-21(7-2)27(20)24-15-26(31-18(3)4)23(19(5)29-24)17-30-25-14-9-8-11-22(25)16-28-30/h8-16,18H,6-7,17H2,1-5H3. The molecule has 4 aromatic rings. The molecule has 0 saturated carbocycles. The van der Waals surface area contributed by atoms with Crippen LogP contribution in [0.5, 0.6) is 5.75 Å². The second-order valence-corrected chi connectivity index (χ2v) is 8.26. The van der Waals surface area contributed by atoms with E-state index in [0.717, 1.165) is 46.4 Å². The molecule has 0 unspecified atom stereocenters. The first kappa shape index (κ1) is 21.1. The summed E-state index contributed by atoms with van der Waals surface area (Å²) < 4.78 is 8.35. The summed E-state index contributed by atoms with van der Waals surface area (Å²) in [4.78, 5) is 5.07. The average Bonchev–Trinajstić information content (AvgIpc) is 3.17. The number of hydrogen-bond acceptors (Lipinski definition) is 3. The lowest BCUT2D eigenvalue weighted by Gasteiger charge is -2.20. The lowest BCUT2D eigenvalue weighted by molar-refractivity contribution is 0.239. The van der Waals surface area contributed by atoms with Gasteiger partial charge in [0.15, 0.2) is 0 Å². The van der Waals surface area contributed by atoms with Crippen molar-refractivity contribution in [3.63, 3.8) is 0 Å². The molecule has 2 aromatic heterocycles. The zero-order valence-corrected chi connectivity index (χ0v) is 19.1. The third kappa shape index (κ3) is 4.20. The summed E-state index contributed by atoms with van der Waals surface area (Å²) in [6.45, 7) is 11.3. The first-order valence-electron chi connectivity index (χ1n) is 11.2. The molecule has 0 saturated heterocycles. The number of fused-ring (bicyclic) bond motifs is 1. The number of para-hydroxylation sites is 1. The summed E-state index contributed by atoms with van der Waals surface area (Å²) in [5.74, 6) is 0.894. The monoisotopic (exact) mass is 413 g/mol. The highest BCUT2D eigenvalue weighted by Gasteiger charge is 2.18. The third-order valence-electron chi connectivity index (χ3n) is 5.77. The predicted octanol–water partition coefficient (Wildman–Crippen LogP) is 6.37. The van der Waals surface area contributed by atoms with Crippen molar-refractivity contribution in [2.75, 3.05) is 0 Å². The van der Waals surface area contributed by atoms with Crippen molar-refractivity contribution in [3.8, 4) is 17.0 Å². The van der Waals surface area contributed by atoms with E-state index in [9.17, 15) is 0 Å². The van der Waals surface area contributed by atoms with E-state index in [2.05, 4.69) is 76.1 Å². The predicted molar refractivity (Wildman–Crippen MR) is 128 cm³/mol. The van der Waals surface area contributed by atoms with Crippen LogP contribution in [0.2, 0.25) is 0 Å². The Balaban J connectivity index is 1.85. The van der Waals surface area contributed by atoms with Crippen LogP contribution in [0.3, 0.4) is 0 Å². The second kappa shape index (κ2) is 8.93. The van der Waals surface area contributed by atoms with E-state index < -0.39 is 0 Å². The van der Waals surface area contributed by atoms with E-state index in [1.165, 1.54) is 16.7 Å². The number of aromatic nitrogens is 3. The van der Waals surface area contributed by atoms with E-state index in [-0.39, 0.29) is 6.10 Å². The number of benzene rings is 2. The minimum Gasteiger partial charge on any atom is -0.491 e. The topological polar surface area (TPSA) is 39.9 Å². The highest BCUT2D eigenvalue weighted by molar-refractivity contribution is 5.78. The summed E-state index contributed by atoms with van der Waals surface area (Å²) in [6, 6.07) is 17.0. The molecule has 4 heteroatoms. The SMILES string of the molecule is CCc1cccc(CC)c1-c1cc(OC(C)C)c(Cn2ncc3ccccc32)c(C)n1. The fraction of sp³-hybridized carbons (Fsp3) is 0.333. The second-order valence-electron chi connectivity index (χ2n) is 8.26. The van der Waals surface area contributed by atoms with Crippen LogP contribution in [0.15, 0.2) is 54.7 Å². The molecule has 0 fully saturated rings. The Labute approximate surface area is 184 Å². The minimum absolute atomic E-state index is 0.0785. The van der Waals surface area contributed by atoms with Gasteiger partial charge in [0.25, 0.3) is 0 Å². The normalized spacial score (nSPS) is 11.4. The number of ether oxygens (including phenoxy) is 1. The molecule has 0 aliphatic heterocycles. The van der Waals surface area contributed by atoms with Crippen molar-refractivity contribution in [2.45, 2.75) is 60.1 Å². The molecule has 0 aliphatic carbocycles. The van der Waals surface area contributed by atoms with Gasteiger partial charge in [-0.05, 0) is 50.8 Å². The number of rotatable bonds is 7. The molecule has 0 atom stereocenters. The van der Waals surface area contributed by atoms with Crippen molar-refractivity contribution in [2.24, 2.45) is 0 Å². The smallest absolute Gasteiger partial charge is 0.128 e. The Morgan fingerprint density at radius 1 is 0.968 bits per heavy atom. The van der Waals surface area contributed by atoms with Crippen molar-refractivity contribution >= 4 is 10.9 Å². The molecule has 4 rings (SSSR count). The molecule has 160 valence electrons. The quantitative estimate of drug-likeness (QED) is 0.353. The third-order valence-corrected chi connectivity index (χ3v) is 5.77. The van der Waals surface area contributed by atoms with Gasteiger partial charge in [0.2, 0.25) is 0 Å². The molecule has 2 aromatic carbocycles. The van der Waals surface area contributed by atoms with Gasteiger partial charge in [-0.1, -0.05) is 50.2 Å².